The lowest BCUT2D eigenvalue weighted by Gasteiger charge is -1.97. The standard InChI is InChI=1S/C12H15N3/c1-9-2-4-10(5-3-9)12-14-8-11(15-12)6-7-13/h2-5,8H,6-7,13H2,1H3,(H,14,15). The molecule has 0 atom stereocenters. The molecule has 0 unspecified atom stereocenters. The summed E-state index contributed by atoms with van der Waals surface area (Å²) in [5, 5.41) is 0. The van der Waals surface area contributed by atoms with Gasteiger partial charge < -0.3 is 10.7 Å². The summed E-state index contributed by atoms with van der Waals surface area (Å²) in [6, 6.07) is 8.31. The Hall–Kier alpha value is -1.61. The Labute approximate surface area is 89.4 Å². The van der Waals surface area contributed by atoms with E-state index in [4.69, 9.17) is 5.73 Å². The Morgan fingerprint density at radius 3 is 2.67 bits per heavy atom. The number of imidazole rings is 1. The zero-order valence-electron chi connectivity index (χ0n) is 8.83. The van der Waals surface area contributed by atoms with E-state index >= 15 is 0 Å². The molecule has 0 aliphatic heterocycles. The number of aromatic amines is 1. The molecule has 0 bridgehead atoms. The van der Waals surface area contributed by atoms with Crippen molar-refractivity contribution in [1.82, 2.24) is 9.97 Å². The summed E-state index contributed by atoms with van der Waals surface area (Å²) < 4.78 is 0. The second kappa shape index (κ2) is 4.28. The monoisotopic (exact) mass is 201 g/mol. The Morgan fingerprint density at radius 1 is 1.27 bits per heavy atom. The Kier molecular flexibility index (Phi) is 2.83. The molecule has 0 fully saturated rings. The predicted molar refractivity (Wildman–Crippen MR) is 61.5 cm³/mol. The van der Waals surface area contributed by atoms with Crippen molar-refractivity contribution < 1.29 is 0 Å². The molecule has 0 spiro atoms. The number of rotatable bonds is 3. The van der Waals surface area contributed by atoms with Crippen LogP contribution in [0.25, 0.3) is 11.4 Å². The summed E-state index contributed by atoms with van der Waals surface area (Å²) in [5.74, 6) is 0.915. The molecule has 0 aliphatic carbocycles. The first-order valence-electron chi connectivity index (χ1n) is 5.10. The van der Waals surface area contributed by atoms with Crippen LogP contribution in [0.2, 0.25) is 0 Å². The normalized spacial score (nSPS) is 10.5. The maximum Gasteiger partial charge on any atom is 0.137 e. The minimum absolute atomic E-state index is 0.648. The second-order valence-corrected chi connectivity index (χ2v) is 3.66. The van der Waals surface area contributed by atoms with Crippen molar-refractivity contribution in [2.24, 2.45) is 5.73 Å². The van der Waals surface area contributed by atoms with E-state index < -0.39 is 0 Å². The second-order valence-electron chi connectivity index (χ2n) is 3.66. The molecule has 1 heterocycles. The van der Waals surface area contributed by atoms with Gasteiger partial charge in [-0.05, 0) is 13.5 Å². The summed E-state index contributed by atoms with van der Waals surface area (Å²) in [7, 11) is 0. The van der Waals surface area contributed by atoms with E-state index in [-0.39, 0.29) is 0 Å². The van der Waals surface area contributed by atoms with Gasteiger partial charge in [-0.2, -0.15) is 0 Å². The van der Waals surface area contributed by atoms with Crippen LogP contribution in [0.15, 0.2) is 30.5 Å². The summed E-state index contributed by atoms with van der Waals surface area (Å²) in [6.45, 7) is 2.72. The van der Waals surface area contributed by atoms with E-state index in [9.17, 15) is 0 Å². The van der Waals surface area contributed by atoms with Gasteiger partial charge in [0.25, 0.3) is 0 Å². The average Bonchev–Trinajstić information content (AvgIpc) is 2.68. The van der Waals surface area contributed by atoms with E-state index in [0.29, 0.717) is 6.54 Å². The van der Waals surface area contributed by atoms with Crippen molar-refractivity contribution in [2.45, 2.75) is 13.3 Å². The molecule has 1 aromatic heterocycles. The van der Waals surface area contributed by atoms with E-state index in [1.165, 1.54) is 5.56 Å². The number of aromatic nitrogens is 2. The molecule has 1 aromatic carbocycles. The van der Waals surface area contributed by atoms with Crippen LogP contribution in [-0.4, -0.2) is 16.5 Å². The van der Waals surface area contributed by atoms with Gasteiger partial charge in [0, 0.05) is 23.9 Å². The highest BCUT2D eigenvalue weighted by Gasteiger charge is 2.02. The third-order valence-corrected chi connectivity index (χ3v) is 2.37. The van der Waals surface area contributed by atoms with Gasteiger partial charge >= 0.3 is 0 Å². The lowest BCUT2D eigenvalue weighted by Crippen LogP contribution is -2.02. The summed E-state index contributed by atoms with van der Waals surface area (Å²) in [4.78, 5) is 7.58. The summed E-state index contributed by atoms with van der Waals surface area (Å²) in [5.41, 5.74) is 8.94. The van der Waals surface area contributed by atoms with Gasteiger partial charge in [0.1, 0.15) is 5.82 Å². The smallest absolute Gasteiger partial charge is 0.137 e. The molecular formula is C12H15N3. The molecule has 0 aliphatic rings. The SMILES string of the molecule is Cc1ccc(-c2ncc(CCN)[nH]2)cc1. The summed E-state index contributed by atoms with van der Waals surface area (Å²) in [6.07, 6.45) is 2.70. The van der Waals surface area contributed by atoms with E-state index in [0.717, 1.165) is 23.5 Å². The van der Waals surface area contributed by atoms with Crippen LogP contribution in [-0.2, 0) is 6.42 Å². The minimum Gasteiger partial charge on any atom is -0.342 e. The van der Waals surface area contributed by atoms with Crippen molar-refractivity contribution in [3.8, 4) is 11.4 Å². The van der Waals surface area contributed by atoms with Crippen LogP contribution < -0.4 is 5.73 Å². The van der Waals surface area contributed by atoms with Crippen LogP contribution in [0.3, 0.4) is 0 Å². The number of aryl methyl sites for hydroxylation is 1. The fourth-order valence-corrected chi connectivity index (χ4v) is 1.50. The van der Waals surface area contributed by atoms with Gasteiger partial charge in [-0.1, -0.05) is 29.8 Å². The quantitative estimate of drug-likeness (QED) is 0.796. The molecule has 3 N–H and O–H groups in total. The average molecular weight is 201 g/mol. The van der Waals surface area contributed by atoms with Gasteiger partial charge in [0.15, 0.2) is 0 Å². The van der Waals surface area contributed by atoms with Crippen LogP contribution in [0.4, 0.5) is 0 Å². The molecule has 3 heteroatoms. The molecule has 2 aromatic rings. The third-order valence-electron chi connectivity index (χ3n) is 2.37. The van der Waals surface area contributed by atoms with Crippen LogP contribution in [0.5, 0.6) is 0 Å². The topological polar surface area (TPSA) is 54.7 Å². The number of nitrogens with two attached hydrogens (primary N) is 1. The van der Waals surface area contributed by atoms with Crippen molar-refractivity contribution in [3.63, 3.8) is 0 Å². The van der Waals surface area contributed by atoms with Crippen molar-refractivity contribution in [1.29, 1.82) is 0 Å². The zero-order valence-corrected chi connectivity index (χ0v) is 8.83. The van der Waals surface area contributed by atoms with E-state index in [1.807, 2.05) is 6.20 Å². The lowest BCUT2D eigenvalue weighted by atomic mass is 10.1. The maximum absolute atomic E-state index is 5.48. The van der Waals surface area contributed by atoms with Gasteiger partial charge in [-0.3, -0.25) is 0 Å². The Balaban J connectivity index is 2.25. The predicted octanol–water partition coefficient (Wildman–Crippen LogP) is 1.89. The largest absolute Gasteiger partial charge is 0.342 e. The first-order valence-corrected chi connectivity index (χ1v) is 5.10. The zero-order chi connectivity index (χ0) is 10.7. The number of nitrogens with zero attached hydrogens (tertiary/aromatic N) is 1. The van der Waals surface area contributed by atoms with Gasteiger partial charge in [0.2, 0.25) is 0 Å². The molecule has 3 nitrogen and oxygen atoms in total. The van der Waals surface area contributed by atoms with Crippen molar-refractivity contribution in [3.05, 3.63) is 41.7 Å². The van der Waals surface area contributed by atoms with Crippen LogP contribution >= 0.6 is 0 Å². The first-order chi connectivity index (χ1) is 7.29. The van der Waals surface area contributed by atoms with E-state index in [1.54, 1.807) is 0 Å². The van der Waals surface area contributed by atoms with Crippen molar-refractivity contribution >= 4 is 0 Å². The highest BCUT2D eigenvalue weighted by atomic mass is 14.9. The first kappa shape index (κ1) is 9.93. The van der Waals surface area contributed by atoms with Crippen LogP contribution in [0.1, 0.15) is 11.3 Å². The fourth-order valence-electron chi connectivity index (χ4n) is 1.50. The minimum atomic E-state index is 0.648. The number of hydrogen-bond acceptors (Lipinski definition) is 2. The molecule has 0 amide bonds. The van der Waals surface area contributed by atoms with Gasteiger partial charge in [0.05, 0.1) is 0 Å². The molecular weight excluding hydrogens is 186 g/mol. The van der Waals surface area contributed by atoms with Crippen molar-refractivity contribution in [2.75, 3.05) is 6.54 Å². The Morgan fingerprint density at radius 2 is 2.00 bits per heavy atom. The molecule has 0 saturated carbocycles. The number of H-pyrrole nitrogens is 1. The number of nitrogens with one attached hydrogen (secondary N) is 1. The molecule has 0 radical (unpaired) electrons. The summed E-state index contributed by atoms with van der Waals surface area (Å²) >= 11 is 0. The fraction of sp³-hybridized carbons (Fsp3) is 0.250. The molecule has 2 rings (SSSR count). The molecule has 0 saturated heterocycles. The maximum atomic E-state index is 5.48. The number of hydrogen-bond donors (Lipinski definition) is 2. The highest BCUT2D eigenvalue weighted by Crippen LogP contribution is 2.16. The van der Waals surface area contributed by atoms with Gasteiger partial charge in [-0.25, -0.2) is 4.98 Å². The third kappa shape index (κ3) is 2.25. The lowest BCUT2D eigenvalue weighted by molar-refractivity contribution is 0.936. The molecule has 15 heavy (non-hydrogen) atoms. The van der Waals surface area contributed by atoms with Gasteiger partial charge in [-0.15, -0.1) is 0 Å². The molecule has 78 valence electrons. The van der Waals surface area contributed by atoms with E-state index in [2.05, 4.69) is 41.2 Å². The Bertz CT molecular complexity index is 428. The van der Waals surface area contributed by atoms with Crippen LogP contribution in [0, 0.1) is 6.92 Å². The number of benzene rings is 1. The highest BCUT2D eigenvalue weighted by molar-refractivity contribution is 5.55.